The maximum absolute atomic E-state index is 13.7. The van der Waals surface area contributed by atoms with Gasteiger partial charge in [-0.3, -0.25) is 4.79 Å². The topological polar surface area (TPSA) is 50.1 Å². The highest BCUT2D eigenvalue weighted by Gasteiger charge is 2.09. The number of benzene rings is 3. The van der Waals surface area contributed by atoms with Crippen molar-refractivity contribution in [1.82, 2.24) is 0 Å². The van der Waals surface area contributed by atoms with Crippen LogP contribution in [0.5, 0.6) is 5.75 Å². The number of ketones is 1. The van der Waals surface area contributed by atoms with E-state index in [1.165, 1.54) is 12.2 Å². The van der Waals surface area contributed by atoms with Gasteiger partial charge in [-0.15, -0.1) is 0 Å². The summed E-state index contributed by atoms with van der Waals surface area (Å²) >= 11 is 0. The Kier molecular flexibility index (Phi) is 5.93. The van der Waals surface area contributed by atoms with E-state index in [0.29, 0.717) is 29.5 Å². The molecule has 0 heterocycles. The number of carbonyl (C=O) groups excluding carboxylic acids is 1. The van der Waals surface area contributed by atoms with E-state index in [9.17, 15) is 13.6 Å². The van der Waals surface area contributed by atoms with Crippen molar-refractivity contribution in [2.75, 3.05) is 0 Å². The van der Waals surface area contributed by atoms with E-state index in [4.69, 9.17) is 10.00 Å². The van der Waals surface area contributed by atoms with E-state index >= 15 is 0 Å². The molecule has 0 fully saturated rings. The van der Waals surface area contributed by atoms with Crippen LogP contribution in [-0.4, -0.2) is 5.78 Å². The molecule has 3 aromatic carbocycles. The van der Waals surface area contributed by atoms with Gasteiger partial charge in [0.15, 0.2) is 5.78 Å². The Morgan fingerprint density at radius 3 is 2.64 bits per heavy atom. The van der Waals surface area contributed by atoms with Gasteiger partial charge in [-0.05, 0) is 53.6 Å². The summed E-state index contributed by atoms with van der Waals surface area (Å²) in [6, 6.07) is 19.1. The first kappa shape index (κ1) is 19.0. The molecule has 0 saturated heterocycles. The molecule has 0 unspecified atom stereocenters. The average Bonchev–Trinajstić information content (AvgIpc) is 2.71. The minimum absolute atomic E-state index is 0.192. The molecule has 0 amide bonds. The molecule has 3 rings (SSSR count). The third-order valence-electron chi connectivity index (χ3n) is 3.94. The predicted octanol–water partition coefficient (Wildman–Crippen LogP) is 5.31. The second-order valence-corrected chi connectivity index (χ2v) is 6.00. The third-order valence-corrected chi connectivity index (χ3v) is 3.94. The van der Waals surface area contributed by atoms with E-state index < -0.39 is 17.4 Å². The number of carbonyl (C=O) groups is 1. The van der Waals surface area contributed by atoms with Crippen LogP contribution >= 0.6 is 0 Å². The summed E-state index contributed by atoms with van der Waals surface area (Å²) in [6.45, 7) is 0.294. The summed E-state index contributed by atoms with van der Waals surface area (Å²) < 4.78 is 32.3. The second-order valence-electron chi connectivity index (χ2n) is 6.00. The van der Waals surface area contributed by atoms with Crippen molar-refractivity contribution in [2.45, 2.75) is 6.61 Å². The number of halogens is 2. The van der Waals surface area contributed by atoms with Crippen molar-refractivity contribution >= 4 is 11.9 Å². The number of hydrogen-bond donors (Lipinski definition) is 0. The fraction of sp³-hybridized carbons (Fsp3) is 0.0435. The van der Waals surface area contributed by atoms with Crippen molar-refractivity contribution < 1.29 is 18.3 Å². The average molecular weight is 375 g/mol. The summed E-state index contributed by atoms with van der Waals surface area (Å²) in [6.07, 6.45) is 2.76. The highest BCUT2D eigenvalue weighted by Crippen LogP contribution is 2.18. The van der Waals surface area contributed by atoms with Crippen LogP contribution < -0.4 is 4.74 Å². The Morgan fingerprint density at radius 1 is 1.04 bits per heavy atom. The van der Waals surface area contributed by atoms with Crippen molar-refractivity contribution in [3.05, 3.63) is 107 Å². The zero-order valence-electron chi connectivity index (χ0n) is 14.7. The van der Waals surface area contributed by atoms with Crippen LogP contribution in [0.15, 0.2) is 72.8 Å². The largest absolute Gasteiger partial charge is 0.489 e. The van der Waals surface area contributed by atoms with E-state index in [0.717, 1.165) is 17.7 Å². The van der Waals surface area contributed by atoms with Crippen molar-refractivity contribution in [1.29, 1.82) is 5.26 Å². The number of nitriles is 1. The Morgan fingerprint density at radius 2 is 1.86 bits per heavy atom. The molecule has 28 heavy (non-hydrogen) atoms. The Labute approximate surface area is 161 Å². The van der Waals surface area contributed by atoms with Gasteiger partial charge < -0.3 is 4.74 Å². The molecule has 5 heteroatoms. The molecule has 0 aliphatic rings. The van der Waals surface area contributed by atoms with Crippen molar-refractivity contribution in [3.8, 4) is 11.8 Å². The molecule has 0 aliphatic carbocycles. The Balaban J connectivity index is 1.68. The number of ether oxygens (including phenoxy) is 1. The lowest BCUT2D eigenvalue weighted by Gasteiger charge is -2.07. The highest BCUT2D eigenvalue weighted by atomic mass is 19.1. The molecule has 0 atom stereocenters. The zero-order chi connectivity index (χ0) is 19.9. The molecule has 0 bridgehead atoms. The molecule has 0 spiro atoms. The van der Waals surface area contributed by atoms with Gasteiger partial charge in [0.2, 0.25) is 0 Å². The fourth-order valence-corrected chi connectivity index (χ4v) is 2.56. The lowest BCUT2D eigenvalue weighted by Crippen LogP contribution is -1.99. The fourth-order valence-electron chi connectivity index (χ4n) is 2.56. The van der Waals surface area contributed by atoms with Crippen LogP contribution in [0.1, 0.15) is 27.0 Å². The first-order valence-corrected chi connectivity index (χ1v) is 8.44. The number of hydrogen-bond acceptors (Lipinski definition) is 3. The van der Waals surface area contributed by atoms with Crippen LogP contribution in [0.25, 0.3) is 6.08 Å². The van der Waals surface area contributed by atoms with Crippen LogP contribution in [0.4, 0.5) is 8.78 Å². The quantitative estimate of drug-likeness (QED) is 0.433. The molecule has 138 valence electrons. The molecular weight excluding hydrogens is 360 g/mol. The third kappa shape index (κ3) is 4.89. The molecule has 0 aromatic heterocycles. The van der Waals surface area contributed by atoms with Crippen molar-refractivity contribution in [3.63, 3.8) is 0 Å². The Hall–Kier alpha value is -3.78. The number of allylic oxidation sites excluding steroid dienone is 1. The smallest absolute Gasteiger partial charge is 0.188 e. The molecule has 0 N–H and O–H groups in total. The van der Waals surface area contributed by atoms with E-state index in [2.05, 4.69) is 6.07 Å². The van der Waals surface area contributed by atoms with Gasteiger partial charge in [-0.25, -0.2) is 8.78 Å². The van der Waals surface area contributed by atoms with Gasteiger partial charge in [0.1, 0.15) is 24.0 Å². The lowest BCUT2D eigenvalue weighted by atomic mass is 10.1. The summed E-state index contributed by atoms with van der Waals surface area (Å²) in [5.74, 6) is -1.60. The SMILES string of the molecule is N#Cc1cccc(COc2cccc(/C=C/C(=O)c3ccc(F)cc3F)c2)c1. The monoisotopic (exact) mass is 375 g/mol. The van der Waals surface area contributed by atoms with Crippen LogP contribution in [0, 0.1) is 23.0 Å². The van der Waals surface area contributed by atoms with Gasteiger partial charge in [-0.2, -0.15) is 5.26 Å². The molecule has 0 saturated carbocycles. The molecule has 3 nitrogen and oxygen atoms in total. The summed E-state index contributed by atoms with van der Waals surface area (Å²) in [7, 11) is 0. The van der Waals surface area contributed by atoms with Gasteiger partial charge in [0, 0.05) is 6.07 Å². The first-order chi connectivity index (χ1) is 13.5. The van der Waals surface area contributed by atoms with E-state index in [1.54, 1.807) is 42.5 Å². The van der Waals surface area contributed by atoms with Gasteiger partial charge >= 0.3 is 0 Å². The predicted molar refractivity (Wildman–Crippen MR) is 102 cm³/mol. The number of nitrogens with zero attached hydrogens (tertiary/aromatic N) is 1. The first-order valence-electron chi connectivity index (χ1n) is 8.44. The lowest BCUT2D eigenvalue weighted by molar-refractivity contribution is 0.104. The number of rotatable bonds is 6. The standard InChI is InChI=1S/C23H15F2NO2/c24-19-8-9-21(22(25)13-19)23(27)10-7-16-3-2-6-20(12-16)28-15-18-5-1-4-17(11-18)14-26/h1-13H,15H2/b10-7+. The summed E-state index contributed by atoms with van der Waals surface area (Å²) in [5, 5.41) is 8.93. The molecule has 3 aromatic rings. The van der Waals surface area contributed by atoms with Crippen LogP contribution in [-0.2, 0) is 6.61 Å². The minimum Gasteiger partial charge on any atom is -0.489 e. The van der Waals surface area contributed by atoms with Crippen LogP contribution in [0.2, 0.25) is 0 Å². The van der Waals surface area contributed by atoms with E-state index in [1.807, 2.05) is 6.07 Å². The highest BCUT2D eigenvalue weighted by molar-refractivity contribution is 6.07. The summed E-state index contributed by atoms with van der Waals surface area (Å²) in [4.78, 5) is 12.1. The van der Waals surface area contributed by atoms with E-state index in [-0.39, 0.29) is 5.56 Å². The van der Waals surface area contributed by atoms with Gasteiger partial charge in [0.25, 0.3) is 0 Å². The van der Waals surface area contributed by atoms with Gasteiger partial charge in [0.05, 0.1) is 17.2 Å². The maximum atomic E-state index is 13.7. The minimum atomic E-state index is -0.897. The molecule has 0 radical (unpaired) electrons. The van der Waals surface area contributed by atoms with Crippen LogP contribution in [0.3, 0.4) is 0 Å². The molecule has 0 aliphatic heterocycles. The van der Waals surface area contributed by atoms with Crippen molar-refractivity contribution in [2.24, 2.45) is 0 Å². The normalized spacial score (nSPS) is 10.6. The molecular formula is C23H15F2NO2. The second kappa shape index (κ2) is 8.74. The zero-order valence-corrected chi connectivity index (χ0v) is 14.7. The summed E-state index contributed by atoms with van der Waals surface area (Å²) in [5.41, 5.74) is 1.92. The van der Waals surface area contributed by atoms with Gasteiger partial charge in [-0.1, -0.05) is 30.3 Å². The maximum Gasteiger partial charge on any atom is 0.188 e. The Bertz CT molecular complexity index is 1080.